The number of methoxy groups -OCH3 is 2. The number of pyridine rings is 1. The highest BCUT2D eigenvalue weighted by atomic mass is 32.1. The molecule has 5 N–H and O–H groups in total. The summed E-state index contributed by atoms with van der Waals surface area (Å²) in [5.74, 6) is 0.916. The van der Waals surface area contributed by atoms with Gasteiger partial charge in [0.1, 0.15) is 23.2 Å². The highest BCUT2D eigenvalue weighted by molar-refractivity contribution is 7.14. The summed E-state index contributed by atoms with van der Waals surface area (Å²) >= 11 is 1.57. The Bertz CT molecular complexity index is 1920. The molecule has 2 saturated carbocycles. The number of likely N-dealkylation sites (tertiary alicyclic amines) is 1. The monoisotopic (exact) mass is 925 g/mol. The van der Waals surface area contributed by atoms with Gasteiger partial charge in [-0.05, 0) is 91.2 Å². The van der Waals surface area contributed by atoms with Gasteiger partial charge in [0.25, 0.3) is 0 Å². The molecule has 1 aromatic carbocycles. The number of Topliss-reactive ketones (excluding diaryl/α,β-unsaturated/α-hetero) is 1. The number of aromatic nitrogens is 2. The number of benzene rings is 1. The summed E-state index contributed by atoms with van der Waals surface area (Å²) in [5.41, 5.74) is 2.45. The predicted molar refractivity (Wildman–Crippen MR) is 259 cm³/mol. The number of unbranched alkanes of at least 4 members (excludes halogenated alkanes) is 3. The SMILES string of the molecule is CCCCC/C=C\C(C)C(NC=O)C(=O)O.CCNC(=O)OC(C(=O)C1CC1)C1CCCCC1.COc1ccc2c(OC)cc(-c3csc(NC(C)C)n3)nc2c1.C[C@@H]1CCCN1CO. The number of aliphatic carboxylic acids is 1. The van der Waals surface area contributed by atoms with Crippen molar-refractivity contribution in [2.75, 3.05) is 39.4 Å². The number of carboxylic acids is 1. The van der Waals surface area contributed by atoms with Crippen molar-refractivity contribution in [3.8, 4) is 22.9 Å². The number of thiazole rings is 1. The predicted octanol–water partition coefficient (Wildman–Crippen LogP) is 9.23. The quantitative estimate of drug-likeness (QED) is 0.0408. The van der Waals surface area contributed by atoms with Crippen LogP contribution >= 0.6 is 11.3 Å². The molecule has 0 radical (unpaired) electrons. The number of carbonyl (C=O) groups excluding carboxylic acids is 3. The molecule has 16 heteroatoms. The molecule has 0 spiro atoms. The van der Waals surface area contributed by atoms with Crippen molar-refractivity contribution in [3.05, 3.63) is 41.8 Å². The lowest BCUT2D eigenvalue weighted by atomic mass is 9.83. The first-order chi connectivity index (χ1) is 31.3. The van der Waals surface area contributed by atoms with Gasteiger partial charge < -0.3 is 40.4 Å². The number of rotatable bonds is 20. The number of anilines is 1. The van der Waals surface area contributed by atoms with Crippen molar-refractivity contribution in [2.24, 2.45) is 17.8 Å². The molecule has 6 rings (SSSR count). The van der Waals surface area contributed by atoms with Crippen LogP contribution in [0, 0.1) is 17.8 Å². The van der Waals surface area contributed by atoms with Crippen molar-refractivity contribution < 1.29 is 43.6 Å². The number of carbonyl (C=O) groups is 4. The normalized spacial score (nSPS) is 17.5. The maximum atomic E-state index is 12.2. The number of aliphatic hydroxyl groups is 1. The van der Waals surface area contributed by atoms with Crippen LogP contribution < -0.4 is 25.4 Å². The summed E-state index contributed by atoms with van der Waals surface area (Å²) in [7, 11) is 3.31. The molecular formula is C49H76N6O9S. The van der Waals surface area contributed by atoms with Crippen LogP contribution in [-0.4, -0.2) is 108 Å². The third-order valence-corrected chi connectivity index (χ3v) is 12.4. The van der Waals surface area contributed by atoms with E-state index in [0.29, 0.717) is 25.0 Å². The molecule has 15 nitrogen and oxygen atoms in total. The molecule has 3 aliphatic rings. The van der Waals surface area contributed by atoms with E-state index in [4.69, 9.17) is 29.4 Å². The number of ether oxygens (including phenoxy) is 3. The molecule has 3 aromatic rings. The number of nitrogens with zero attached hydrogens (tertiary/aromatic N) is 3. The van der Waals surface area contributed by atoms with Crippen molar-refractivity contribution in [2.45, 2.75) is 149 Å². The Morgan fingerprint density at radius 1 is 0.954 bits per heavy atom. The molecule has 65 heavy (non-hydrogen) atoms. The number of ketones is 1. The van der Waals surface area contributed by atoms with E-state index in [1.54, 1.807) is 32.5 Å². The standard InChI is InChI=1S/C17H19N3O2S.C14H23NO3.C12H21NO3.C6H13NO/c1-10(2)18-17-20-15(9-23-17)14-8-16(22-4)12-6-5-11(21-3)7-13(12)19-14;1-2-15-14(17)18-13(12(16)10-8-9-10)11-6-4-3-5-7-11;1-3-4-5-6-7-8-10(2)11(12(15)16)13-9-14;1-6-3-2-4-7(6)5-8/h5-10H,1-4H3,(H,18,20);10-11,13H,2-9H2,1H3,(H,15,17);7-11H,3-6H2,1-2H3,(H,13,14)(H,15,16);6,8H,2-5H2,1H3/b;;8-7-;/t;;;6-/m...1/s1. The summed E-state index contributed by atoms with van der Waals surface area (Å²) in [6.45, 7) is 14.0. The Morgan fingerprint density at radius 2 is 1.69 bits per heavy atom. The third-order valence-electron chi connectivity index (χ3n) is 11.6. The second kappa shape index (κ2) is 29.7. The molecule has 2 amide bonds. The van der Waals surface area contributed by atoms with E-state index in [-0.39, 0.29) is 30.3 Å². The topological polar surface area (TPSA) is 202 Å². The molecule has 2 aliphatic carbocycles. The largest absolute Gasteiger partial charge is 0.497 e. The van der Waals surface area contributed by atoms with Gasteiger partial charge in [-0.15, -0.1) is 11.3 Å². The minimum atomic E-state index is -1.00. The van der Waals surface area contributed by atoms with Gasteiger partial charge in [0.2, 0.25) is 6.41 Å². The van der Waals surface area contributed by atoms with Gasteiger partial charge in [-0.2, -0.15) is 0 Å². The summed E-state index contributed by atoms with van der Waals surface area (Å²) in [6.07, 6.45) is 17.8. The van der Waals surface area contributed by atoms with Crippen molar-refractivity contribution in [1.82, 2.24) is 25.5 Å². The smallest absolute Gasteiger partial charge is 0.407 e. The van der Waals surface area contributed by atoms with E-state index in [0.717, 1.165) is 96.8 Å². The summed E-state index contributed by atoms with van der Waals surface area (Å²) in [6, 6.07) is 7.80. The van der Waals surface area contributed by atoms with Crippen molar-refractivity contribution >= 4 is 51.6 Å². The van der Waals surface area contributed by atoms with E-state index in [1.807, 2.05) is 48.7 Å². The van der Waals surface area contributed by atoms with E-state index >= 15 is 0 Å². The molecule has 1 aliphatic heterocycles. The highest BCUT2D eigenvalue weighted by Crippen LogP contribution is 2.37. The number of hydrogen-bond acceptors (Lipinski definition) is 13. The molecule has 1 saturated heterocycles. The number of carboxylic acid groups (broad SMARTS) is 1. The Hall–Kier alpha value is -4.80. The molecule has 3 unspecified atom stereocenters. The molecule has 362 valence electrons. The fourth-order valence-corrected chi connectivity index (χ4v) is 8.54. The first kappa shape index (κ1) is 54.5. The second-order valence-electron chi connectivity index (χ2n) is 17.2. The van der Waals surface area contributed by atoms with Crippen LogP contribution in [0.2, 0.25) is 0 Å². The summed E-state index contributed by atoms with van der Waals surface area (Å²) in [4.78, 5) is 56.2. The number of amides is 2. The van der Waals surface area contributed by atoms with Gasteiger partial charge in [0.05, 0.1) is 32.2 Å². The van der Waals surface area contributed by atoms with E-state index in [9.17, 15) is 19.2 Å². The lowest BCUT2D eigenvalue weighted by molar-refractivity contribution is -0.141. The lowest BCUT2D eigenvalue weighted by Gasteiger charge is -2.29. The number of hydrogen-bond donors (Lipinski definition) is 5. The first-order valence-electron chi connectivity index (χ1n) is 23.5. The molecular weight excluding hydrogens is 849 g/mol. The maximum absolute atomic E-state index is 12.2. The molecule has 0 bridgehead atoms. The Balaban J connectivity index is 0.000000242. The first-order valence-corrected chi connectivity index (χ1v) is 24.4. The number of fused-ring (bicyclic) bond motifs is 1. The zero-order valence-corrected chi connectivity index (χ0v) is 40.8. The number of nitrogens with one attached hydrogen (secondary N) is 3. The zero-order chi connectivity index (χ0) is 47.7. The van der Waals surface area contributed by atoms with Crippen molar-refractivity contribution in [3.63, 3.8) is 0 Å². The average molecular weight is 925 g/mol. The van der Waals surface area contributed by atoms with Crippen LogP contribution in [0.1, 0.15) is 125 Å². The van der Waals surface area contributed by atoms with Crippen LogP contribution in [-0.2, 0) is 19.1 Å². The lowest BCUT2D eigenvalue weighted by Crippen LogP contribution is -2.40. The minimum Gasteiger partial charge on any atom is -0.497 e. The van der Waals surface area contributed by atoms with E-state index < -0.39 is 24.2 Å². The third kappa shape index (κ3) is 18.9. The van der Waals surface area contributed by atoms with Crippen LogP contribution in [0.5, 0.6) is 11.5 Å². The average Bonchev–Trinajstić information content (AvgIpc) is 3.92. The van der Waals surface area contributed by atoms with Gasteiger partial charge in [0.15, 0.2) is 17.0 Å². The van der Waals surface area contributed by atoms with E-state index in [2.05, 4.69) is 53.5 Å². The minimum absolute atomic E-state index is 0.159. The van der Waals surface area contributed by atoms with Gasteiger partial charge in [-0.25, -0.2) is 19.6 Å². The van der Waals surface area contributed by atoms with Crippen LogP contribution in [0.15, 0.2) is 41.8 Å². The molecule has 3 heterocycles. The Morgan fingerprint density at radius 3 is 2.25 bits per heavy atom. The number of aliphatic hydroxyl groups excluding tert-OH is 1. The second-order valence-corrected chi connectivity index (χ2v) is 18.0. The van der Waals surface area contributed by atoms with Crippen molar-refractivity contribution in [1.29, 1.82) is 0 Å². The van der Waals surface area contributed by atoms with Crippen LogP contribution in [0.25, 0.3) is 22.3 Å². The highest BCUT2D eigenvalue weighted by Gasteiger charge is 2.41. The fraction of sp³-hybridized carbons (Fsp3) is 0.633. The zero-order valence-electron chi connectivity index (χ0n) is 40.0. The summed E-state index contributed by atoms with van der Waals surface area (Å²) in [5, 5.41) is 29.6. The van der Waals surface area contributed by atoms with Gasteiger partial charge in [-0.1, -0.05) is 58.1 Å². The van der Waals surface area contributed by atoms with Gasteiger partial charge in [0, 0.05) is 65.8 Å². The van der Waals surface area contributed by atoms with Crippen LogP contribution in [0.4, 0.5) is 9.93 Å². The number of allylic oxidation sites excluding steroid dienone is 1. The Kier molecular flexibility index (Phi) is 24.9. The molecule has 4 atom stereocenters. The van der Waals surface area contributed by atoms with Gasteiger partial charge in [-0.3, -0.25) is 14.5 Å². The molecule has 2 aromatic heterocycles. The summed E-state index contributed by atoms with van der Waals surface area (Å²) < 4.78 is 16.2. The van der Waals surface area contributed by atoms with Crippen LogP contribution in [0.3, 0.4) is 0 Å². The number of alkyl carbamates (subject to hydrolysis) is 1. The van der Waals surface area contributed by atoms with Gasteiger partial charge >= 0.3 is 12.1 Å². The fourth-order valence-electron chi connectivity index (χ4n) is 7.69. The maximum Gasteiger partial charge on any atom is 0.407 e. The molecule has 3 fully saturated rings. The Labute approximate surface area is 390 Å². The van der Waals surface area contributed by atoms with E-state index in [1.165, 1.54) is 32.1 Å².